The lowest BCUT2D eigenvalue weighted by molar-refractivity contribution is 0.206. The third-order valence-electron chi connectivity index (χ3n) is 2.26. The van der Waals surface area contributed by atoms with Crippen molar-refractivity contribution in [3.05, 3.63) is 0 Å². The largest absolute Gasteiger partial charge is 0.303 e. The molecule has 2 radical (unpaired) electrons. The van der Waals surface area contributed by atoms with Gasteiger partial charge in [0.05, 0.1) is 7.85 Å². The molecule has 2 heteroatoms. The summed E-state index contributed by atoms with van der Waals surface area (Å²) in [5, 5.41) is 0. The minimum atomic E-state index is 0.471. The summed E-state index contributed by atoms with van der Waals surface area (Å²) >= 11 is 0. The highest BCUT2D eigenvalue weighted by atomic mass is 15.1. The second kappa shape index (κ2) is 4.15. The van der Waals surface area contributed by atoms with Gasteiger partial charge in [-0.05, 0) is 31.8 Å². The van der Waals surface area contributed by atoms with Gasteiger partial charge < -0.3 is 4.90 Å². The summed E-state index contributed by atoms with van der Waals surface area (Å²) in [6.45, 7) is 8.20. The molecule has 11 heavy (non-hydrogen) atoms. The first-order valence-electron chi connectivity index (χ1n) is 4.66. The van der Waals surface area contributed by atoms with Crippen molar-refractivity contribution in [2.75, 3.05) is 19.6 Å². The van der Waals surface area contributed by atoms with E-state index in [1.165, 1.54) is 32.5 Å². The zero-order valence-electron chi connectivity index (χ0n) is 7.71. The molecule has 0 atom stereocenters. The van der Waals surface area contributed by atoms with E-state index in [-0.39, 0.29) is 0 Å². The Labute approximate surface area is 71.6 Å². The zero-order chi connectivity index (χ0) is 8.27. The first-order chi connectivity index (χ1) is 5.18. The molecular weight excluding hydrogens is 133 g/mol. The van der Waals surface area contributed by atoms with Crippen molar-refractivity contribution < 1.29 is 0 Å². The van der Waals surface area contributed by atoms with Gasteiger partial charge in [-0.15, -0.1) is 0 Å². The van der Waals surface area contributed by atoms with E-state index in [0.29, 0.717) is 5.82 Å². The van der Waals surface area contributed by atoms with E-state index < -0.39 is 0 Å². The summed E-state index contributed by atoms with van der Waals surface area (Å²) in [5.74, 6) is 1.27. The van der Waals surface area contributed by atoms with E-state index in [1.807, 2.05) is 0 Å². The molecule has 0 aromatic heterocycles. The van der Waals surface area contributed by atoms with Crippen LogP contribution in [0, 0.1) is 5.92 Å². The van der Waals surface area contributed by atoms with Crippen molar-refractivity contribution in [2.45, 2.75) is 32.5 Å². The van der Waals surface area contributed by atoms with Crippen LogP contribution < -0.4 is 0 Å². The molecule has 0 amide bonds. The molecule has 1 nitrogen and oxygen atoms in total. The Morgan fingerprint density at radius 2 is 1.91 bits per heavy atom. The molecule has 0 bridgehead atoms. The van der Waals surface area contributed by atoms with Crippen LogP contribution >= 0.6 is 0 Å². The smallest absolute Gasteiger partial charge is 0.0700 e. The fourth-order valence-electron chi connectivity index (χ4n) is 1.65. The van der Waals surface area contributed by atoms with Crippen molar-refractivity contribution >= 4 is 7.85 Å². The van der Waals surface area contributed by atoms with Gasteiger partial charge in [0.1, 0.15) is 0 Å². The summed E-state index contributed by atoms with van der Waals surface area (Å²) in [5.41, 5.74) is 0. The molecule has 1 aliphatic rings. The van der Waals surface area contributed by atoms with Gasteiger partial charge >= 0.3 is 0 Å². The van der Waals surface area contributed by atoms with Crippen LogP contribution in [-0.2, 0) is 0 Å². The topological polar surface area (TPSA) is 3.24 Å². The lowest BCUT2D eigenvalue weighted by Crippen LogP contribution is -2.34. The molecule has 0 aliphatic carbocycles. The van der Waals surface area contributed by atoms with Gasteiger partial charge in [0, 0.05) is 6.54 Å². The van der Waals surface area contributed by atoms with Crippen LogP contribution in [0.2, 0.25) is 5.82 Å². The van der Waals surface area contributed by atoms with Gasteiger partial charge in [0.2, 0.25) is 0 Å². The lowest BCUT2D eigenvalue weighted by atomic mass is 9.79. The Morgan fingerprint density at radius 1 is 1.36 bits per heavy atom. The van der Waals surface area contributed by atoms with Crippen LogP contribution in [0.1, 0.15) is 26.7 Å². The fraction of sp³-hybridized carbons (Fsp3) is 1.00. The van der Waals surface area contributed by atoms with Gasteiger partial charge in [-0.25, -0.2) is 0 Å². The summed E-state index contributed by atoms with van der Waals surface area (Å²) in [7, 11) is 5.80. The molecule has 0 unspecified atom stereocenters. The number of hydrogen-bond donors (Lipinski definition) is 0. The third-order valence-corrected chi connectivity index (χ3v) is 2.26. The zero-order valence-corrected chi connectivity index (χ0v) is 7.71. The Balaban J connectivity index is 2.17. The Hall–Kier alpha value is 0.0249. The quantitative estimate of drug-likeness (QED) is 0.543. The fourth-order valence-corrected chi connectivity index (χ4v) is 1.65. The average molecular weight is 151 g/mol. The number of likely N-dealkylation sites (tertiary alicyclic amines) is 1. The maximum absolute atomic E-state index is 5.80. The number of hydrogen-bond acceptors (Lipinski definition) is 1. The van der Waals surface area contributed by atoms with Crippen molar-refractivity contribution in [1.82, 2.24) is 4.90 Å². The van der Waals surface area contributed by atoms with E-state index >= 15 is 0 Å². The molecule has 1 aliphatic heterocycles. The summed E-state index contributed by atoms with van der Waals surface area (Å²) < 4.78 is 0. The highest BCUT2D eigenvalue weighted by Gasteiger charge is 2.15. The van der Waals surface area contributed by atoms with Gasteiger partial charge in [-0.1, -0.05) is 19.7 Å². The first kappa shape index (κ1) is 9.12. The van der Waals surface area contributed by atoms with E-state index in [2.05, 4.69) is 18.7 Å². The average Bonchev–Trinajstić information content (AvgIpc) is 1.93. The molecule has 1 rings (SSSR count). The minimum absolute atomic E-state index is 0.471. The van der Waals surface area contributed by atoms with E-state index in [0.717, 1.165) is 5.92 Å². The Kier molecular flexibility index (Phi) is 3.44. The van der Waals surface area contributed by atoms with Crippen molar-refractivity contribution in [3.8, 4) is 0 Å². The normalized spacial score (nSPS) is 22.8. The number of nitrogens with zero attached hydrogens (tertiary/aromatic N) is 1. The molecule has 0 spiro atoms. The lowest BCUT2D eigenvalue weighted by Gasteiger charge is -2.31. The Bertz CT molecular complexity index is 106. The molecule has 0 aromatic rings. The van der Waals surface area contributed by atoms with E-state index in [4.69, 9.17) is 7.85 Å². The SMILES string of the molecule is [B]C1CCN(CC(C)C)CC1. The molecule has 0 aromatic carbocycles. The molecule has 1 fully saturated rings. The van der Waals surface area contributed by atoms with Gasteiger partial charge in [-0.3, -0.25) is 0 Å². The predicted molar refractivity (Wildman–Crippen MR) is 50.0 cm³/mol. The second-order valence-electron chi connectivity index (χ2n) is 4.03. The molecular formula is C9H18BN. The van der Waals surface area contributed by atoms with Crippen LogP contribution in [0.4, 0.5) is 0 Å². The monoisotopic (exact) mass is 151 g/mol. The Morgan fingerprint density at radius 3 is 2.36 bits per heavy atom. The molecule has 0 saturated carbocycles. The van der Waals surface area contributed by atoms with Gasteiger partial charge in [0.25, 0.3) is 0 Å². The second-order valence-corrected chi connectivity index (χ2v) is 4.03. The first-order valence-corrected chi connectivity index (χ1v) is 4.66. The van der Waals surface area contributed by atoms with Crippen molar-refractivity contribution in [1.29, 1.82) is 0 Å². The molecule has 1 saturated heterocycles. The molecule has 1 heterocycles. The predicted octanol–water partition coefficient (Wildman–Crippen LogP) is 1.70. The molecule has 62 valence electrons. The summed E-state index contributed by atoms with van der Waals surface area (Å²) in [6, 6.07) is 0. The third kappa shape index (κ3) is 3.28. The van der Waals surface area contributed by atoms with Crippen LogP contribution in [-0.4, -0.2) is 32.4 Å². The van der Waals surface area contributed by atoms with Crippen LogP contribution in [0.3, 0.4) is 0 Å². The highest BCUT2D eigenvalue weighted by molar-refractivity contribution is 6.11. The number of piperidine rings is 1. The standard InChI is InChI=1S/C9H18BN/c1-8(2)7-11-5-3-9(10)4-6-11/h8-9H,3-7H2,1-2H3. The van der Waals surface area contributed by atoms with Crippen LogP contribution in [0.15, 0.2) is 0 Å². The van der Waals surface area contributed by atoms with E-state index in [1.54, 1.807) is 0 Å². The maximum Gasteiger partial charge on any atom is 0.0700 e. The van der Waals surface area contributed by atoms with E-state index in [9.17, 15) is 0 Å². The number of rotatable bonds is 2. The molecule has 0 N–H and O–H groups in total. The van der Waals surface area contributed by atoms with Gasteiger partial charge in [0.15, 0.2) is 0 Å². The van der Waals surface area contributed by atoms with Crippen molar-refractivity contribution in [2.24, 2.45) is 5.92 Å². The van der Waals surface area contributed by atoms with Gasteiger partial charge in [-0.2, -0.15) is 0 Å². The van der Waals surface area contributed by atoms with Crippen molar-refractivity contribution in [3.63, 3.8) is 0 Å². The van der Waals surface area contributed by atoms with Crippen LogP contribution in [0.25, 0.3) is 0 Å². The minimum Gasteiger partial charge on any atom is -0.303 e. The van der Waals surface area contributed by atoms with Crippen LogP contribution in [0.5, 0.6) is 0 Å². The maximum atomic E-state index is 5.80. The highest BCUT2D eigenvalue weighted by Crippen LogP contribution is 2.19. The summed E-state index contributed by atoms with van der Waals surface area (Å²) in [4.78, 5) is 2.52. The summed E-state index contributed by atoms with van der Waals surface area (Å²) in [6.07, 6.45) is 2.37.